The molecule has 1 N–H and O–H groups in total. The molecule has 0 unspecified atom stereocenters. The molecule has 94 valence electrons. The van der Waals surface area contributed by atoms with Crippen LogP contribution in [0, 0.1) is 5.82 Å². The Bertz CT molecular complexity index is 709. The number of aromatic nitrogens is 2. The number of phenolic OH excluding ortho intramolecular Hbond substituents is 1. The van der Waals surface area contributed by atoms with Gasteiger partial charge in [0.1, 0.15) is 16.6 Å². The number of phenols is 1. The van der Waals surface area contributed by atoms with Crippen molar-refractivity contribution in [1.82, 2.24) is 10.2 Å². The van der Waals surface area contributed by atoms with Gasteiger partial charge in [-0.15, -0.1) is 10.2 Å². The lowest BCUT2D eigenvalue weighted by atomic mass is 10.2. The molecule has 0 atom stereocenters. The van der Waals surface area contributed by atoms with Crippen LogP contribution in [0.3, 0.4) is 0 Å². The van der Waals surface area contributed by atoms with Crippen LogP contribution in [0.5, 0.6) is 5.75 Å². The normalized spacial score (nSPS) is 10.6. The van der Waals surface area contributed by atoms with Crippen LogP contribution < -0.4 is 0 Å². The second-order valence-electron chi connectivity index (χ2n) is 3.94. The van der Waals surface area contributed by atoms with Crippen molar-refractivity contribution >= 4 is 11.3 Å². The number of rotatable bonds is 2. The third kappa shape index (κ3) is 2.32. The van der Waals surface area contributed by atoms with E-state index in [1.54, 1.807) is 30.3 Å². The maximum atomic E-state index is 12.9. The summed E-state index contributed by atoms with van der Waals surface area (Å²) < 4.78 is 12.9. The van der Waals surface area contributed by atoms with Crippen molar-refractivity contribution in [3.63, 3.8) is 0 Å². The van der Waals surface area contributed by atoms with Crippen molar-refractivity contribution in [3.05, 3.63) is 54.3 Å². The van der Waals surface area contributed by atoms with Crippen LogP contribution in [0.4, 0.5) is 4.39 Å². The second-order valence-corrected chi connectivity index (χ2v) is 4.91. The summed E-state index contributed by atoms with van der Waals surface area (Å²) in [5, 5.41) is 19.2. The maximum Gasteiger partial charge on any atom is 0.151 e. The fourth-order valence-corrected chi connectivity index (χ4v) is 2.58. The number of halogens is 1. The number of para-hydroxylation sites is 1. The lowest BCUT2D eigenvalue weighted by Gasteiger charge is -1.97. The minimum atomic E-state index is -0.283. The van der Waals surface area contributed by atoms with E-state index in [2.05, 4.69) is 10.2 Å². The predicted octanol–water partition coefficient (Wildman–Crippen LogP) is 3.72. The van der Waals surface area contributed by atoms with Gasteiger partial charge in [-0.25, -0.2) is 4.39 Å². The molecule has 0 aliphatic rings. The van der Waals surface area contributed by atoms with Gasteiger partial charge in [-0.2, -0.15) is 0 Å². The van der Waals surface area contributed by atoms with Crippen LogP contribution in [0.1, 0.15) is 0 Å². The molecule has 0 saturated heterocycles. The minimum Gasteiger partial charge on any atom is -0.507 e. The molecule has 0 aliphatic carbocycles. The molecule has 3 aromatic rings. The van der Waals surface area contributed by atoms with E-state index in [1.165, 1.54) is 23.5 Å². The Balaban J connectivity index is 2.00. The number of nitrogens with zero attached hydrogens (tertiary/aromatic N) is 2. The highest BCUT2D eigenvalue weighted by Crippen LogP contribution is 2.34. The lowest BCUT2D eigenvalue weighted by molar-refractivity contribution is 0.477. The average molecular weight is 272 g/mol. The summed E-state index contributed by atoms with van der Waals surface area (Å²) >= 11 is 1.35. The molecule has 0 aliphatic heterocycles. The van der Waals surface area contributed by atoms with E-state index in [9.17, 15) is 9.50 Å². The van der Waals surface area contributed by atoms with Gasteiger partial charge in [0, 0.05) is 5.56 Å². The van der Waals surface area contributed by atoms with Crippen LogP contribution in [0.2, 0.25) is 0 Å². The Morgan fingerprint density at radius 2 is 1.58 bits per heavy atom. The van der Waals surface area contributed by atoms with Gasteiger partial charge in [-0.1, -0.05) is 23.5 Å². The molecule has 19 heavy (non-hydrogen) atoms. The first-order valence-electron chi connectivity index (χ1n) is 5.62. The van der Waals surface area contributed by atoms with Gasteiger partial charge in [0.2, 0.25) is 0 Å². The van der Waals surface area contributed by atoms with Gasteiger partial charge in [0.15, 0.2) is 5.01 Å². The van der Waals surface area contributed by atoms with E-state index in [-0.39, 0.29) is 11.6 Å². The zero-order chi connectivity index (χ0) is 13.2. The molecule has 2 aromatic carbocycles. The van der Waals surface area contributed by atoms with Crippen molar-refractivity contribution in [1.29, 1.82) is 0 Å². The predicted molar refractivity (Wildman–Crippen MR) is 72.4 cm³/mol. The molecule has 0 spiro atoms. The molecule has 0 amide bonds. The molecule has 3 nitrogen and oxygen atoms in total. The standard InChI is InChI=1S/C14H9FN2OS/c15-10-7-5-9(6-8-10)13-16-17-14(19-13)11-3-1-2-4-12(11)18/h1-8,18H. The van der Waals surface area contributed by atoms with Crippen LogP contribution in [0.15, 0.2) is 48.5 Å². The summed E-state index contributed by atoms with van der Waals surface area (Å²) in [4.78, 5) is 0. The molecular formula is C14H9FN2OS. The summed E-state index contributed by atoms with van der Waals surface area (Å²) in [5.74, 6) is -0.113. The number of hydrogen-bond acceptors (Lipinski definition) is 4. The van der Waals surface area contributed by atoms with E-state index >= 15 is 0 Å². The fraction of sp³-hybridized carbons (Fsp3) is 0. The third-order valence-electron chi connectivity index (χ3n) is 2.65. The van der Waals surface area contributed by atoms with Crippen LogP contribution in [-0.2, 0) is 0 Å². The average Bonchev–Trinajstić information content (AvgIpc) is 2.89. The van der Waals surface area contributed by atoms with Gasteiger partial charge in [-0.3, -0.25) is 0 Å². The largest absolute Gasteiger partial charge is 0.507 e. The van der Waals surface area contributed by atoms with Gasteiger partial charge in [0.05, 0.1) is 5.56 Å². The summed E-state index contributed by atoms with van der Waals surface area (Å²) in [6.45, 7) is 0. The van der Waals surface area contributed by atoms with Crippen molar-refractivity contribution in [2.75, 3.05) is 0 Å². The van der Waals surface area contributed by atoms with Crippen molar-refractivity contribution in [2.24, 2.45) is 0 Å². The number of benzene rings is 2. The highest BCUT2D eigenvalue weighted by molar-refractivity contribution is 7.18. The number of hydrogen-bond donors (Lipinski definition) is 1. The monoisotopic (exact) mass is 272 g/mol. The molecule has 3 rings (SSSR count). The van der Waals surface area contributed by atoms with Crippen LogP contribution >= 0.6 is 11.3 Å². The topological polar surface area (TPSA) is 46.0 Å². The van der Waals surface area contributed by atoms with Crippen molar-refractivity contribution < 1.29 is 9.50 Å². The molecule has 0 fully saturated rings. The number of aromatic hydroxyl groups is 1. The first-order valence-corrected chi connectivity index (χ1v) is 6.43. The Labute approximate surface area is 113 Å². The Kier molecular flexibility index (Phi) is 2.97. The molecule has 0 bridgehead atoms. The van der Waals surface area contributed by atoms with Gasteiger partial charge in [-0.05, 0) is 36.4 Å². The molecule has 0 radical (unpaired) electrons. The zero-order valence-electron chi connectivity index (χ0n) is 9.75. The lowest BCUT2D eigenvalue weighted by Crippen LogP contribution is -1.78. The van der Waals surface area contributed by atoms with E-state index in [4.69, 9.17) is 0 Å². The fourth-order valence-electron chi connectivity index (χ4n) is 1.70. The third-order valence-corrected chi connectivity index (χ3v) is 3.66. The summed E-state index contributed by atoms with van der Waals surface area (Å²) in [7, 11) is 0. The quantitative estimate of drug-likeness (QED) is 0.773. The van der Waals surface area contributed by atoms with Crippen LogP contribution in [0.25, 0.3) is 21.1 Å². The summed E-state index contributed by atoms with van der Waals surface area (Å²) in [6, 6.07) is 13.1. The van der Waals surface area contributed by atoms with E-state index in [0.717, 1.165) is 5.56 Å². The Morgan fingerprint density at radius 1 is 0.895 bits per heavy atom. The van der Waals surface area contributed by atoms with E-state index < -0.39 is 0 Å². The van der Waals surface area contributed by atoms with Crippen molar-refractivity contribution in [3.8, 4) is 26.9 Å². The zero-order valence-corrected chi connectivity index (χ0v) is 10.6. The first-order chi connectivity index (χ1) is 9.24. The molecular weight excluding hydrogens is 263 g/mol. The maximum absolute atomic E-state index is 12.9. The van der Waals surface area contributed by atoms with Crippen LogP contribution in [-0.4, -0.2) is 15.3 Å². The smallest absolute Gasteiger partial charge is 0.151 e. The first kappa shape index (κ1) is 11.8. The molecule has 1 aromatic heterocycles. The van der Waals surface area contributed by atoms with Gasteiger partial charge < -0.3 is 5.11 Å². The second kappa shape index (κ2) is 4.78. The molecule has 5 heteroatoms. The molecule has 1 heterocycles. The highest BCUT2D eigenvalue weighted by atomic mass is 32.1. The van der Waals surface area contributed by atoms with E-state index in [0.29, 0.717) is 15.6 Å². The summed E-state index contributed by atoms with van der Waals surface area (Å²) in [5.41, 5.74) is 1.45. The Hall–Kier alpha value is -2.27. The summed E-state index contributed by atoms with van der Waals surface area (Å²) in [6.07, 6.45) is 0. The molecule has 0 saturated carbocycles. The van der Waals surface area contributed by atoms with E-state index in [1.807, 2.05) is 6.07 Å². The SMILES string of the molecule is Oc1ccccc1-c1nnc(-c2ccc(F)cc2)s1. The Morgan fingerprint density at radius 3 is 2.32 bits per heavy atom. The highest BCUT2D eigenvalue weighted by Gasteiger charge is 2.11. The van der Waals surface area contributed by atoms with Crippen molar-refractivity contribution in [2.45, 2.75) is 0 Å². The van der Waals surface area contributed by atoms with Gasteiger partial charge >= 0.3 is 0 Å². The minimum absolute atomic E-state index is 0.171. The van der Waals surface area contributed by atoms with Gasteiger partial charge in [0.25, 0.3) is 0 Å².